The van der Waals surface area contributed by atoms with Gasteiger partial charge in [-0.2, -0.15) is 10.4 Å². The van der Waals surface area contributed by atoms with Gasteiger partial charge in [-0.1, -0.05) is 38.1 Å². The Labute approximate surface area is 225 Å². The third kappa shape index (κ3) is 5.29. The number of nitriles is 1. The zero-order chi connectivity index (χ0) is 27.5. The molecule has 4 aromatic rings. The van der Waals surface area contributed by atoms with Crippen LogP contribution in [0.5, 0.6) is 11.5 Å². The van der Waals surface area contributed by atoms with Crippen LogP contribution in [0.1, 0.15) is 26.7 Å². The lowest BCUT2D eigenvalue weighted by atomic mass is 10.1. The number of carbonyl (C=O) groups is 1. The lowest BCUT2D eigenvalue weighted by molar-refractivity contribution is -0.127. The number of benzene rings is 2. The van der Waals surface area contributed by atoms with Crippen molar-refractivity contribution in [2.24, 2.45) is 5.92 Å². The van der Waals surface area contributed by atoms with E-state index in [2.05, 4.69) is 9.97 Å². The number of halogens is 1. The van der Waals surface area contributed by atoms with Crippen molar-refractivity contribution in [1.82, 2.24) is 24.6 Å². The fourth-order valence-electron chi connectivity index (χ4n) is 4.86. The Morgan fingerprint density at radius 1 is 1.23 bits per heavy atom. The third-order valence-electron chi connectivity index (χ3n) is 6.61. The molecule has 198 valence electrons. The number of para-hydroxylation sites is 1. The normalized spacial score (nSPS) is 15.6. The first-order chi connectivity index (χ1) is 18.9. The number of nitrogens with two attached hydrogens (primary N) is 1. The number of nitrogen functional groups attached to an aromatic ring is 1. The fraction of sp³-hybridized carbons (Fsp3) is 0.276. The van der Waals surface area contributed by atoms with Gasteiger partial charge in [0.25, 0.3) is 5.91 Å². The molecular formula is C29H28FN7O2. The minimum Gasteiger partial charge on any atom is -0.457 e. The minimum atomic E-state index is -0.534. The van der Waals surface area contributed by atoms with Gasteiger partial charge in [-0.15, -0.1) is 0 Å². The van der Waals surface area contributed by atoms with Crippen LogP contribution < -0.4 is 10.5 Å². The van der Waals surface area contributed by atoms with Gasteiger partial charge in [0.05, 0.1) is 18.0 Å². The number of hydrogen-bond donors (Lipinski definition) is 1. The highest BCUT2D eigenvalue weighted by atomic mass is 19.1. The molecule has 0 bridgehead atoms. The number of likely N-dealkylation sites (tertiary alicyclic amines) is 1. The maximum absolute atomic E-state index is 15.4. The molecule has 10 heteroatoms. The van der Waals surface area contributed by atoms with Crippen molar-refractivity contribution in [2.75, 3.05) is 12.3 Å². The summed E-state index contributed by atoms with van der Waals surface area (Å²) in [4.78, 5) is 23.4. The van der Waals surface area contributed by atoms with Crippen molar-refractivity contribution < 1.29 is 13.9 Å². The number of allylic oxidation sites excluding steroid dienone is 1. The van der Waals surface area contributed by atoms with E-state index in [-0.39, 0.29) is 34.8 Å². The molecule has 1 atom stereocenters. The Morgan fingerprint density at radius 2 is 2.03 bits per heavy atom. The number of carbonyl (C=O) groups excluding carboxylic acids is 1. The second kappa shape index (κ2) is 10.9. The summed E-state index contributed by atoms with van der Waals surface area (Å²) < 4.78 is 22.8. The van der Waals surface area contributed by atoms with E-state index < -0.39 is 5.82 Å². The number of ether oxygens (including phenoxy) is 1. The number of rotatable bonds is 7. The highest BCUT2D eigenvalue weighted by Crippen LogP contribution is 2.35. The zero-order valence-electron chi connectivity index (χ0n) is 21.7. The summed E-state index contributed by atoms with van der Waals surface area (Å²) in [7, 11) is 0. The van der Waals surface area contributed by atoms with E-state index in [4.69, 9.17) is 15.6 Å². The van der Waals surface area contributed by atoms with Crippen molar-refractivity contribution in [3.63, 3.8) is 0 Å². The van der Waals surface area contributed by atoms with Crippen LogP contribution in [0.25, 0.3) is 22.3 Å². The van der Waals surface area contributed by atoms with Gasteiger partial charge in [-0.25, -0.2) is 19.0 Å². The van der Waals surface area contributed by atoms with Crippen LogP contribution in [0.4, 0.5) is 10.2 Å². The van der Waals surface area contributed by atoms with Crippen LogP contribution in [-0.4, -0.2) is 43.1 Å². The van der Waals surface area contributed by atoms with Crippen LogP contribution in [0.3, 0.4) is 0 Å². The Bertz CT molecular complexity index is 1590. The quantitative estimate of drug-likeness (QED) is 0.263. The summed E-state index contributed by atoms with van der Waals surface area (Å²) in [6.45, 7) is 4.71. The Balaban J connectivity index is 1.48. The predicted molar refractivity (Wildman–Crippen MR) is 145 cm³/mol. The first-order valence-corrected chi connectivity index (χ1v) is 12.8. The monoisotopic (exact) mass is 525 g/mol. The zero-order valence-corrected chi connectivity index (χ0v) is 21.7. The molecule has 2 N–H and O–H groups in total. The summed E-state index contributed by atoms with van der Waals surface area (Å²) in [6.07, 6.45) is 4.56. The lowest BCUT2D eigenvalue weighted by Gasteiger charge is -2.24. The molecule has 0 radical (unpaired) electrons. The van der Waals surface area contributed by atoms with Crippen molar-refractivity contribution in [3.8, 4) is 28.8 Å². The molecule has 39 heavy (non-hydrogen) atoms. The average Bonchev–Trinajstić information content (AvgIpc) is 3.53. The van der Waals surface area contributed by atoms with Crippen molar-refractivity contribution in [1.29, 1.82) is 5.26 Å². The van der Waals surface area contributed by atoms with E-state index in [1.165, 1.54) is 12.4 Å². The molecule has 1 unspecified atom stereocenters. The van der Waals surface area contributed by atoms with Crippen LogP contribution in [-0.2, 0) is 11.3 Å². The number of fused-ring (bicyclic) bond motifs is 1. The van der Waals surface area contributed by atoms with Gasteiger partial charge >= 0.3 is 0 Å². The van der Waals surface area contributed by atoms with Crippen molar-refractivity contribution in [2.45, 2.75) is 39.3 Å². The molecule has 5 rings (SSSR count). The third-order valence-corrected chi connectivity index (χ3v) is 6.61. The highest BCUT2D eigenvalue weighted by Gasteiger charge is 2.32. The number of amides is 1. The molecule has 3 heterocycles. The van der Waals surface area contributed by atoms with Gasteiger partial charge in [0, 0.05) is 18.2 Å². The molecule has 9 nitrogen and oxygen atoms in total. The second-order valence-electron chi connectivity index (χ2n) is 9.78. The maximum Gasteiger partial charge on any atom is 0.264 e. The average molecular weight is 526 g/mol. The molecule has 2 aromatic heterocycles. The van der Waals surface area contributed by atoms with Gasteiger partial charge < -0.3 is 15.4 Å². The van der Waals surface area contributed by atoms with E-state index >= 15 is 4.39 Å². The fourth-order valence-corrected chi connectivity index (χ4v) is 4.86. The number of nitrogens with zero attached hydrogens (tertiary/aromatic N) is 6. The van der Waals surface area contributed by atoms with Crippen LogP contribution in [0.15, 0.2) is 66.5 Å². The number of hydrogen-bond acceptors (Lipinski definition) is 7. The van der Waals surface area contributed by atoms with E-state index in [1.54, 1.807) is 39.9 Å². The van der Waals surface area contributed by atoms with Crippen LogP contribution in [0.2, 0.25) is 0 Å². The molecular weight excluding hydrogens is 497 g/mol. The van der Waals surface area contributed by atoms with Gasteiger partial charge in [0.15, 0.2) is 5.65 Å². The van der Waals surface area contributed by atoms with E-state index in [1.807, 2.05) is 38.1 Å². The summed E-state index contributed by atoms with van der Waals surface area (Å²) in [5, 5.41) is 14.7. The number of anilines is 1. The summed E-state index contributed by atoms with van der Waals surface area (Å²) >= 11 is 0. The molecule has 0 spiro atoms. The molecule has 0 aliphatic carbocycles. The largest absolute Gasteiger partial charge is 0.457 e. The smallest absolute Gasteiger partial charge is 0.264 e. The SMILES string of the molecule is CC(C)C=C(C#N)C(=O)N1CCCC1Cn1nc(-c2ccc(Oc3ccccc3)cc2F)c2c(N)ncnc21. The summed E-state index contributed by atoms with van der Waals surface area (Å²) in [5.74, 6) is 0.360. The van der Waals surface area contributed by atoms with Crippen molar-refractivity contribution >= 4 is 22.8 Å². The molecule has 1 amide bonds. The van der Waals surface area contributed by atoms with Gasteiger partial charge in [0.1, 0.15) is 46.8 Å². The summed E-state index contributed by atoms with van der Waals surface area (Å²) in [6, 6.07) is 15.5. The molecule has 0 saturated carbocycles. The van der Waals surface area contributed by atoms with Gasteiger partial charge in [-0.3, -0.25) is 4.79 Å². The first kappa shape index (κ1) is 25.9. The second-order valence-corrected chi connectivity index (χ2v) is 9.78. The van der Waals surface area contributed by atoms with Crippen LogP contribution in [0, 0.1) is 23.1 Å². The molecule has 1 aliphatic rings. The van der Waals surface area contributed by atoms with Gasteiger partial charge in [0.2, 0.25) is 0 Å². The number of aromatic nitrogens is 4. The lowest BCUT2D eigenvalue weighted by Crippen LogP contribution is -2.39. The molecule has 2 aromatic carbocycles. The first-order valence-electron chi connectivity index (χ1n) is 12.8. The molecule has 1 fully saturated rings. The topological polar surface area (TPSA) is 123 Å². The van der Waals surface area contributed by atoms with Crippen LogP contribution >= 0.6 is 0 Å². The molecule has 1 saturated heterocycles. The van der Waals surface area contributed by atoms with Crippen molar-refractivity contribution in [3.05, 3.63) is 72.3 Å². The standard InChI is InChI=1S/C29H28FN7O2/c1-18(2)13-19(15-31)29(38)36-12-6-7-20(36)16-37-28-25(27(32)33-17-34-28)26(35-37)23-11-10-22(14-24(23)30)39-21-8-4-3-5-9-21/h3-5,8-11,13-14,17-18,20H,6-7,12,16H2,1-2H3,(H2,32,33,34). The van der Waals surface area contributed by atoms with E-state index in [9.17, 15) is 10.1 Å². The maximum atomic E-state index is 15.4. The summed E-state index contributed by atoms with van der Waals surface area (Å²) in [5.41, 5.74) is 7.33. The molecule has 1 aliphatic heterocycles. The van der Waals surface area contributed by atoms with Gasteiger partial charge in [-0.05, 0) is 43.0 Å². The Kier molecular flexibility index (Phi) is 7.23. The van der Waals surface area contributed by atoms with E-state index in [0.717, 1.165) is 12.8 Å². The van der Waals surface area contributed by atoms with E-state index in [0.29, 0.717) is 41.3 Å². The predicted octanol–water partition coefficient (Wildman–Crippen LogP) is 5.10. The highest BCUT2D eigenvalue weighted by molar-refractivity contribution is 5.99. The minimum absolute atomic E-state index is 0.0707. The Hall–Kier alpha value is -4.78. The Morgan fingerprint density at radius 3 is 2.74 bits per heavy atom.